The van der Waals surface area contributed by atoms with Crippen LogP contribution in [0.1, 0.15) is 43.4 Å². The fraction of sp³-hybridized carbons (Fsp3) is 0.423. The largest absolute Gasteiger partial charge is 0.454 e. The van der Waals surface area contributed by atoms with E-state index in [0.717, 1.165) is 29.8 Å². The molecular formula is C26H30N4O3. The van der Waals surface area contributed by atoms with Gasteiger partial charge in [0.25, 0.3) is 5.91 Å². The van der Waals surface area contributed by atoms with Gasteiger partial charge in [-0.1, -0.05) is 25.5 Å². The summed E-state index contributed by atoms with van der Waals surface area (Å²) < 4.78 is 10.7. The van der Waals surface area contributed by atoms with Crippen molar-refractivity contribution < 1.29 is 14.3 Å². The Morgan fingerprint density at radius 2 is 2.09 bits per heavy atom. The summed E-state index contributed by atoms with van der Waals surface area (Å²) in [6, 6.07) is 9.25. The number of allylic oxidation sites excluding steroid dienone is 1. The highest BCUT2D eigenvalue weighted by Crippen LogP contribution is 2.39. The van der Waals surface area contributed by atoms with E-state index in [1.807, 2.05) is 12.1 Å². The number of amides is 1. The predicted molar refractivity (Wildman–Crippen MR) is 126 cm³/mol. The standard InChI is InChI=1S/C26H30N4O3/c1-15(2)20-10-18(12-24-29-21-5-4-8-27-25(21)30-24)16(3)9-19(20)13-28-26(31)17-6-7-22-23(11-17)33-14-32-22/h4-9,11,15,18-20H,10,12-14H2,1-3H3,(H,28,31)(H,27,29,30)/t18-,19-,20-/m0/s1. The number of nitrogens with zero attached hydrogens (tertiary/aromatic N) is 2. The Bertz CT molecular complexity index is 1170. The monoisotopic (exact) mass is 446 g/mol. The van der Waals surface area contributed by atoms with Crippen LogP contribution >= 0.6 is 0 Å². The number of aromatic nitrogens is 3. The number of H-pyrrole nitrogens is 1. The van der Waals surface area contributed by atoms with Crippen LogP contribution in [0.3, 0.4) is 0 Å². The first-order valence-corrected chi connectivity index (χ1v) is 11.6. The Hall–Kier alpha value is -3.35. The number of carbonyl (C=O) groups excluding carboxylic acids is 1. The second-order valence-electron chi connectivity index (χ2n) is 9.46. The summed E-state index contributed by atoms with van der Waals surface area (Å²) in [4.78, 5) is 25.2. The molecule has 1 aliphatic heterocycles. The number of fused-ring (bicyclic) bond motifs is 2. The molecule has 2 N–H and O–H groups in total. The van der Waals surface area contributed by atoms with E-state index < -0.39 is 0 Å². The lowest BCUT2D eigenvalue weighted by molar-refractivity contribution is 0.0938. The zero-order valence-corrected chi connectivity index (χ0v) is 19.3. The quantitative estimate of drug-likeness (QED) is 0.544. The van der Waals surface area contributed by atoms with Gasteiger partial charge in [-0.05, 0) is 67.3 Å². The van der Waals surface area contributed by atoms with Gasteiger partial charge in [0.05, 0.1) is 5.52 Å². The van der Waals surface area contributed by atoms with E-state index in [2.05, 4.69) is 47.1 Å². The average molecular weight is 447 g/mol. The van der Waals surface area contributed by atoms with E-state index in [9.17, 15) is 4.79 Å². The molecule has 0 saturated heterocycles. The van der Waals surface area contributed by atoms with Gasteiger partial charge in [0.2, 0.25) is 6.79 Å². The minimum absolute atomic E-state index is 0.0845. The van der Waals surface area contributed by atoms with Crippen molar-refractivity contribution in [2.24, 2.45) is 23.7 Å². The van der Waals surface area contributed by atoms with Crippen molar-refractivity contribution in [1.29, 1.82) is 0 Å². The van der Waals surface area contributed by atoms with E-state index in [-0.39, 0.29) is 12.7 Å². The Kier molecular flexibility index (Phi) is 5.79. The summed E-state index contributed by atoms with van der Waals surface area (Å²) in [5, 5.41) is 3.14. The molecule has 2 aliphatic rings. The van der Waals surface area contributed by atoms with Gasteiger partial charge in [-0.3, -0.25) is 4.79 Å². The van der Waals surface area contributed by atoms with Crippen molar-refractivity contribution in [1.82, 2.24) is 20.3 Å². The number of hydrogen-bond acceptors (Lipinski definition) is 5. The molecule has 2 aromatic heterocycles. The average Bonchev–Trinajstić information content (AvgIpc) is 3.44. The van der Waals surface area contributed by atoms with Gasteiger partial charge in [-0.25, -0.2) is 9.97 Å². The number of ether oxygens (including phenoxy) is 2. The lowest BCUT2D eigenvalue weighted by Gasteiger charge is -2.37. The number of pyridine rings is 1. The summed E-state index contributed by atoms with van der Waals surface area (Å²) in [6.45, 7) is 7.57. The number of nitrogens with one attached hydrogen (secondary N) is 2. The Morgan fingerprint density at radius 3 is 2.91 bits per heavy atom. The summed E-state index contributed by atoms with van der Waals surface area (Å²) in [5.41, 5.74) is 3.71. The molecule has 5 rings (SSSR count). The predicted octanol–water partition coefficient (Wildman–Crippen LogP) is 4.51. The summed E-state index contributed by atoms with van der Waals surface area (Å²) in [7, 11) is 0. The van der Waals surface area contributed by atoms with Gasteiger partial charge in [0, 0.05) is 24.7 Å². The van der Waals surface area contributed by atoms with E-state index in [1.165, 1.54) is 5.57 Å². The van der Waals surface area contributed by atoms with Crippen LogP contribution in [0.25, 0.3) is 11.2 Å². The van der Waals surface area contributed by atoms with Crippen LogP contribution in [0.5, 0.6) is 11.5 Å². The Balaban J connectivity index is 1.27. The van der Waals surface area contributed by atoms with Crippen LogP contribution in [-0.4, -0.2) is 34.2 Å². The lowest BCUT2D eigenvalue weighted by Crippen LogP contribution is -2.37. The lowest BCUT2D eigenvalue weighted by atomic mass is 9.69. The molecule has 1 aromatic carbocycles. The highest BCUT2D eigenvalue weighted by atomic mass is 16.7. The Labute approximate surface area is 193 Å². The summed E-state index contributed by atoms with van der Waals surface area (Å²) >= 11 is 0. The third kappa shape index (κ3) is 4.45. The van der Waals surface area contributed by atoms with Crippen molar-refractivity contribution in [3.8, 4) is 11.5 Å². The molecule has 172 valence electrons. The number of aromatic amines is 1. The molecule has 0 fully saturated rings. The first-order chi connectivity index (χ1) is 16.0. The molecule has 0 spiro atoms. The molecule has 1 aliphatic carbocycles. The molecule has 7 nitrogen and oxygen atoms in total. The fourth-order valence-corrected chi connectivity index (χ4v) is 5.08. The van der Waals surface area contributed by atoms with Crippen LogP contribution in [0.4, 0.5) is 0 Å². The normalized spacial score (nSPS) is 21.9. The number of hydrogen-bond donors (Lipinski definition) is 2. The van der Waals surface area contributed by atoms with Gasteiger partial charge < -0.3 is 19.8 Å². The van der Waals surface area contributed by atoms with E-state index >= 15 is 0 Å². The first-order valence-electron chi connectivity index (χ1n) is 11.6. The number of benzene rings is 1. The molecule has 3 heterocycles. The molecule has 33 heavy (non-hydrogen) atoms. The Morgan fingerprint density at radius 1 is 1.24 bits per heavy atom. The van der Waals surface area contributed by atoms with Crippen molar-refractivity contribution in [3.05, 3.63) is 59.6 Å². The van der Waals surface area contributed by atoms with Gasteiger partial charge in [0.1, 0.15) is 5.82 Å². The molecule has 0 saturated carbocycles. The van der Waals surface area contributed by atoms with Crippen molar-refractivity contribution >= 4 is 17.1 Å². The van der Waals surface area contributed by atoms with Crippen LogP contribution in [-0.2, 0) is 6.42 Å². The van der Waals surface area contributed by atoms with Crippen LogP contribution in [0, 0.1) is 23.7 Å². The molecule has 3 atom stereocenters. The third-order valence-electron chi connectivity index (χ3n) is 6.96. The maximum atomic E-state index is 12.8. The van der Waals surface area contributed by atoms with Gasteiger partial charge in [-0.2, -0.15) is 0 Å². The number of carbonyl (C=O) groups is 1. The van der Waals surface area contributed by atoms with Gasteiger partial charge in [0.15, 0.2) is 17.1 Å². The zero-order chi connectivity index (χ0) is 22.9. The third-order valence-corrected chi connectivity index (χ3v) is 6.96. The topological polar surface area (TPSA) is 89.1 Å². The van der Waals surface area contributed by atoms with Gasteiger partial charge in [-0.15, -0.1) is 0 Å². The minimum Gasteiger partial charge on any atom is -0.454 e. The highest BCUT2D eigenvalue weighted by molar-refractivity contribution is 5.94. The molecule has 1 amide bonds. The van der Waals surface area contributed by atoms with Crippen molar-refractivity contribution in [2.45, 2.75) is 33.6 Å². The SMILES string of the molecule is CC1=C[C@@H](CNC(=O)c2ccc3c(c2)OCO3)[C@H](C(C)C)C[C@H]1Cc1nc2ncccc2[nH]1. The fourth-order valence-electron chi connectivity index (χ4n) is 5.08. The van der Waals surface area contributed by atoms with Crippen molar-refractivity contribution in [2.75, 3.05) is 13.3 Å². The first kappa shape index (κ1) is 21.5. The molecule has 3 aromatic rings. The number of imidazole rings is 1. The molecule has 7 heteroatoms. The van der Waals surface area contributed by atoms with E-state index in [1.54, 1.807) is 24.4 Å². The second-order valence-corrected chi connectivity index (χ2v) is 9.46. The maximum absolute atomic E-state index is 12.8. The summed E-state index contributed by atoms with van der Waals surface area (Å²) in [6.07, 6.45) is 6.09. The van der Waals surface area contributed by atoms with E-state index in [4.69, 9.17) is 9.47 Å². The van der Waals surface area contributed by atoms with Crippen LogP contribution in [0.2, 0.25) is 0 Å². The smallest absolute Gasteiger partial charge is 0.251 e. The maximum Gasteiger partial charge on any atom is 0.251 e. The van der Waals surface area contributed by atoms with Gasteiger partial charge >= 0.3 is 0 Å². The highest BCUT2D eigenvalue weighted by Gasteiger charge is 2.32. The van der Waals surface area contributed by atoms with E-state index in [0.29, 0.717) is 47.3 Å². The summed E-state index contributed by atoms with van der Waals surface area (Å²) in [5.74, 6) is 3.94. The van der Waals surface area contributed by atoms with Crippen molar-refractivity contribution in [3.63, 3.8) is 0 Å². The van der Waals surface area contributed by atoms with Crippen LogP contribution < -0.4 is 14.8 Å². The molecule has 0 unspecified atom stereocenters. The van der Waals surface area contributed by atoms with Crippen LogP contribution in [0.15, 0.2) is 48.2 Å². The molecular weight excluding hydrogens is 416 g/mol. The minimum atomic E-state index is -0.0845. The number of rotatable bonds is 6. The molecule has 0 radical (unpaired) electrons. The zero-order valence-electron chi connectivity index (χ0n) is 19.3. The molecule has 0 bridgehead atoms. The second kappa shape index (κ2) is 8.89.